The van der Waals surface area contributed by atoms with E-state index in [2.05, 4.69) is 15.2 Å². The van der Waals surface area contributed by atoms with Crippen LogP contribution in [0.4, 0.5) is 21.6 Å². The van der Waals surface area contributed by atoms with Crippen molar-refractivity contribution in [3.8, 4) is 0 Å². The first-order chi connectivity index (χ1) is 12.4. The number of nitrogens with zero attached hydrogens (tertiary/aromatic N) is 3. The normalized spacial score (nSPS) is 20.0. The molecule has 0 aliphatic carbocycles. The number of nitro benzene ring substituents is 1. The Hall–Kier alpha value is -2.74. The number of morpholine rings is 1. The van der Waals surface area contributed by atoms with Gasteiger partial charge in [0.1, 0.15) is 5.82 Å². The Kier molecular flexibility index (Phi) is 5.32. The predicted octanol–water partition coefficient (Wildman–Crippen LogP) is 3.35. The summed E-state index contributed by atoms with van der Waals surface area (Å²) in [6.07, 6.45) is 2.06. The number of ether oxygens (including phenoxy) is 1. The summed E-state index contributed by atoms with van der Waals surface area (Å²) in [5, 5.41) is 13.6. The molecule has 1 aliphatic rings. The fourth-order valence-corrected chi connectivity index (χ4v) is 3.03. The highest BCUT2D eigenvalue weighted by atomic mass is 19.1. The lowest BCUT2D eigenvalue weighted by molar-refractivity contribution is -0.385. The second-order valence-electron chi connectivity index (χ2n) is 6.46. The average molecular weight is 360 g/mol. The fraction of sp³-hybridized carbons (Fsp3) is 0.389. The van der Waals surface area contributed by atoms with Crippen molar-refractivity contribution in [2.75, 3.05) is 23.3 Å². The first-order valence-corrected chi connectivity index (χ1v) is 8.45. The first-order valence-electron chi connectivity index (χ1n) is 8.45. The summed E-state index contributed by atoms with van der Waals surface area (Å²) in [5.74, 6) is 0.234. The standard InChI is InChI=1S/C18H21FN4O3/c1-12-10-22(11-13(2)26-12)18-6-3-14(9-21-18)8-20-17-5-4-15(23(24)25)7-16(17)19/h3-7,9,12-13,20H,8,10-11H2,1-2H3. The summed E-state index contributed by atoms with van der Waals surface area (Å²) < 4.78 is 19.6. The van der Waals surface area contributed by atoms with Gasteiger partial charge in [-0.1, -0.05) is 6.07 Å². The first kappa shape index (κ1) is 18.1. The van der Waals surface area contributed by atoms with Crippen LogP contribution >= 0.6 is 0 Å². The van der Waals surface area contributed by atoms with Gasteiger partial charge in [0.15, 0.2) is 5.82 Å². The van der Waals surface area contributed by atoms with E-state index in [0.717, 1.165) is 30.5 Å². The number of benzene rings is 1. The van der Waals surface area contributed by atoms with Gasteiger partial charge in [-0.05, 0) is 31.5 Å². The Morgan fingerprint density at radius 1 is 1.31 bits per heavy atom. The number of rotatable bonds is 5. The molecule has 0 radical (unpaired) electrons. The fourth-order valence-electron chi connectivity index (χ4n) is 3.03. The monoisotopic (exact) mass is 360 g/mol. The molecule has 7 nitrogen and oxygen atoms in total. The van der Waals surface area contributed by atoms with Gasteiger partial charge in [0.2, 0.25) is 0 Å². The van der Waals surface area contributed by atoms with Crippen LogP contribution < -0.4 is 10.2 Å². The third-order valence-corrected chi connectivity index (χ3v) is 4.20. The molecule has 1 aliphatic heterocycles. The highest BCUT2D eigenvalue weighted by Crippen LogP contribution is 2.22. The smallest absolute Gasteiger partial charge is 0.272 e. The van der Waals surface area contributed by atoms with Crippen molar-refractivity contribution >= 4 is 17.2 Å². The van der Waals surface area contributed by atoms with Crippen LogP contribution in [0.15, 0.2) is 36.5 Å². The van der Waals surface area contributed by atoms with Crippen LogP contribution in [0.2, 0.25) is 0 Å². The Bertz CT molecular complexity index is 775. The molecule has 0 bridgehead atoms. The molecular weight excluding hydrogens is 339 g/mol. The molecular formula is C18H21FN4O3. The zero-order chi connectivity index (χ0) is 18.7. The SMILES string of the molecule is CC1CN(c2ccc(CNc3ccc([N+](=O)[O-])cc3F)cn2)CC(C)O1. The third kappa shape index (κ3) is 4.26. The van der Waals surface area contributed by atoms with Crippen molar-refractivity contribution in [3.05, 3.63) is 58.0 Å². The van der Waals surface area contributed by atoms with E-state index in [1.54, 1.807) is 6.20 Å². The number of anilines is 2. The number of non-ortho nitro benzene ring substituents is 1. The minimum Gasteiger partial charge on any atom is -0.379 e. The van der Waals surface area contributed by atoms with Crippen molar-refractivity contribution in [1.29, 1.82) is 0 Å². The zero-order valence-electron chi connectivity index (χ0n) is 14.7. The molecule has 0 spiro atoms. The highest BCUT2D eigenvalue weighted by molar-refractivity contribution is 5.50. The Balaban J connectivity index is 1.62. The highest BCUT2D eigenvalue weighted by Gasteiger charge is 2.22. The van der Waals surface area contributed by atoms with Gasteiger partial charge in [0.05, 0.1) is 28.9 Å². The lowest BCUT2D eigenvalue weighted by atomic mass is 10.2. The molecule has 8 heteroatoms. The third-order valence-electron chi connectivity index (χ3n) is 4.20. The van der Waals surface area contributed by atoms with Crippen LogP contribution in [0.25, 0.3) is 0 Å². The molecule has 26 heavy (non-hydrogen) atoms. The van der Waals surface area contributed by atoms with Crippen molar-refractivity contribution in [2.45, 2.75) is 32.6 Å². The summed E-state index contributed by atoms with van der Waals surface area (Å²) in [4.78, 5) is 16.7. The molecule has 1 aromatic heterocycles. The van der Waals surface area contributed by atoms with Crippen LogP contribution in [0.1, 0.15) is 19.4 Å². The maximum Gasteiger partial charge on any atom is 0.272 e. The van der Waals surface area contributed by atoms with Crippen molar-refractivity contribution in [2.24, 2.45) is 0 Å². The second-order valence-corrected chi connectivity index (χ2v) is 6.46. The maximum atomic E-state index is 13.9. The molecule has 2 atom stereocenters. The van der Waals surface area contributed by atoms with Gasteiger partial charge in [-0.2, -0.15) is 0 Å². The topological polar surface area (TPSA) is 80.5 Å². The van der Waals surface area contributed by atoms with Gasteiger partial charge in [-0.15, -0.1) is 0 Å². The Morgan fingerprint density at radius 2 is 2.04 bits per heavy atom. The lowest BCUT2D eigenvalue weighted by Gasteiger charge is -2.36. The molecule has 1 fully saturated rings. The molecule has 2 unspecified atom stereocenters. The van der Waals surface area contributed by atoms with E-state index in [9.17, 15) is 14.5 Å². The average Bonchev–Trinajstić information content (AvgIpc) is 2.60. The molecule has 138 valence electrons. The number of nitrogens with one attached hydrogen (secondary N) is 1. The zero-order valence-corrected chi connectivity index (χ0v) is 14.7. The van der Waals surface area contributed by atoms with Crippen LogP contribution in [0.3, 0.4) is 0 Å². The summed E-state index contributed by atoms with van der Waals surface area (Å²) in [6, 6.07) is 7.42. The number of hydrogen-bond acceptors (Lipinski definition) is 6. The predicted molar refractivity (Wildman–Crippen MR) is 96.8 cm³/mol. The molecule has 0 saturated carbocycles. The number of halogens is 1. The summed E-state index contributed by atoms with van der Waals surface area (Å²) in [6.45, 7) is 6.04. The van der Waals surface area contributed by atoms with Crippen LogP contribution in [0, 0.1) is 15.9 Å². The summed E-state index contributed by atoms with van der Waals surface area (Å²) >= 11 is 0. The van der Waals surface area contributed by atoms with Gasteiger partial charge in [-0.25, -0.2) is 9.37 Å². The minimum absolute atomic E-state index is 0.159. The minimum atomic E-state index is -0.653. The van der Waals surface area contributed by atoms with Crippen LogP contribution in [-0.4, -0.2) is 35.2 Å². The number of nitro groups is 1. The Morgan fingerprint density at radius 3 is 2.62 bits per heavy atom. The van der Waals surface area contributed by atoms with Crippen LogP contribution in [0.5, 0.6) is 0 Å². The summed E-state index contributed by atoms with van der Waals surface area (Å²) in [7, 11) is 0. The van der Waals surface area contributed by atoms with E-state index in [1.165, 1.54) is 12.1 Å². The van der Waals surface area contributed by atoms with Gasteiger partial charge in [0, 0.05) is 31.9 Å². The van der Waals surface area contributed by atoms with E-state index in [-0.39, 0.29) is 23.6 Å². The second kappa shape index (κ2) is 7.65. The van der Waals surface area contributed by atoms with Crippen molar-refractivity contribution < 1.29 is 14.1 Å². The van der Waals surface area contributed by atoms with Gasteiger partial charge in [-0.3, -0.25) is 10.1 Å². The van der Waals surface area contributed by atoms with E-state index in [0.29, 0.717) is 6.54 Å². The van der Waals surface area contributed by atoms with E-state index in [1.807, 2.05) is 26.0 Å². The van der Waals surface area contributed by atoms with E-state index >= 15 is 0 Å². The van der Waals surface area contributed by atoms with Gasteiger partial charge in [0.25, 0.3) is 5.69 Å². The molecule has 2 aromatic rings. The molecule has 0 amide bonds. The maximum absolute atomic E-state index is 13.9. The molecule has 1 aromatic carbocycles. The number of aromatic nitrogens is 1. The van der Waals surface area contributed by atoms with Gasteiger partial charge < -0.3 is 15.0 Å². The molecule has 1 saturated heterocycles. The quantitative estimate of drug-likeness (QED) is 0.650. The number of pyridine rings is 1. The summed E-state index contributed by atoms with van der Waals surface area (Å²) in [5.41, 5.74) is 0.837. The van der Waals surface area contributed by atoms with Crippen LogP contribution in [-0.2, 0) is 11.3 Å². The van der Waals surface area contributed by atoms with Crippen molar-refractivity contribution in [3.63, 3.8) is 0 Å². The lowest BCUT2D eigenvalue weighted by Crippen LogP contribution is -2.45. The number of hydrogen-bond donors (Lipinski definition) is 1. The van der Waals surface area contributed by atoms with E-state index < -0.39 is 10.7 Å². The molecule has 1 N–H and O–H groups in total. The van der Waals surface area contributed by atoms with E-state index in [4.69, 9.17) is 4.74 Å². The largest absolute Gasteiger partial charge is 0.379 e. The Labute approximate surface area is 150 Å². The molecule has 2 heterocycles. The van der Waals surface area contributed by atoms with Gasteiger partial charge >= 0.3 is 0 Å². The molecule has 3 rings (SSSR count). The van der Waals surface area contributed by atoms with Crippen molar-refractivity contribution in [1.82, 2.24) is 4.98 Å².